The van der Waals surface area contributed by atoms with Crippen molar-refractivity contribution in [2.24, 2.45) is 0 Å². The van der Waals surface area contributed by atoms with Crippen molar-refractivity contribution in [2.75, 3.05) is 23.8 Å². The third-order valence-electron chi connectivity index (χ3n) is 3.48. The molecule has 0 spiro atoms. The maximum Gasteiger partial charge on any atom is 0.304 e. The fourth-order valence-corrected chi connectivity index (χ4v) is 3.51. The SMILES string of the molecule is O=C(O)CCSc1ccnc2c1OC[C@@H]1C[C@@H](F)CN21. The Kier molecular flexibility index (Phi) is 3.69. The number of hydrogen-bond donors (Lipinski definition) is 1. The van der Waals surface area contributed by atoms with Crippen molar-refractivity contribution in [3.8, 4) is 5.75 Å². The Hall–Kier alpha value is -1.50. The molecule has 1 aromatic heterocycles. The van der Waals surface area contributed by atoms with E-state index >= 15 is 0 Å². The summed E-state index contributed by atoms with van der Waals surface area (Å²) in [5.41, 5.74) is 0. The predicted octanol–water partition coefficient (Wildman–Crippen LogP) is 1.96. The van der Waals surface area contributed by atoms with E-state index < -0.39 is 12.1 Å². The summed E-state index contributed by atoms with van der Waals surface area (Å²) in [4.78, 5) is 17.7. The number of thioether (sulfide) groups is 1. The molecule has 0 radical (unpaired) electrons. The lowest BCUT2D eigenvalue weighted by Crippen LogP contribution is -2.39. The Labute approximate surface area is 120 Å². The van der Waals surface area contributed by atoms with Crippen LogP contribution in [-0.4, -0.2) is 47.2 Å². The number of carboxylic acids is 1. The Balaban J connectivity index is 1.80. The Morgan fingerprint density at radius 3 is 3.30 bits per heavy atom. The van der Waals surface area contributed by atoms with Crippen LogP contribution < -0.4 is 9.64 Å². The molecule has 1 aromatic rings. The van der Waals surface area contributed by atoms with Crippen molar-refractivity contribution in [1.29, 1.82) is 0 Å². The first-order valence-corrected chi connectivity index (χ1v) is 7.51. The normalized spacial score (nSPS) is 23.9. The summed E-state index contributed by atoms with van der Waals surface area (Å²) >= 11 is 1.43. The van der Waals surface area contributed by atoms with Gasteiger partial charge in [-0.2, -0.15) is 0 Å². The Morgan fingerprint density at radius 1 is 1.65 bits per heavy atom. The second kappa shape index (κ2) is 5.47. The lowest BCUT2D eigenvalue weighted by Gasteiger charge is -2.32. The maximum atomic E-state index is 13.5. The Morgan fingerprint density at radius 2 is 2.50 bits per heavy atom. The van der Waals surface area contributed by atoms with Gasteiger partial charge in [0.25, 0.3) is 0 Å². The van der Waals surface area contributed by atoms with Crippen LogP contribution in [0.1, 0.15) is 12.8 Å². The van der Waals surface area contributed by atoms with E-state index in [1.54, 1.807) is 6.20 Å². The van der Waals surface area contributed by atoms with Crippen molar-refractivity contribution in [3.63, 3.8) is 0 Å². The van der Waals surface area contributed by atoms with Crippen LogP contribution in [0.5, 0.6) is 5.75 Å². The molecule has 3 heterocycles. The zero-order chi connectivity index (χ0) is 14.1. The van der Waals surface area contributed by atoms with E-state index in [2.05, 4.69) is 4.98 Å². The summed E-state index contributed by atoms with van der Waals surface area (Å²) in [5.74, 6) is 1.00. The number of fused-ring (bicyclic) bond motifs is 3. The molecule has 0 amide bonds. The van der Waals surface area contributed by atoms with Gasteiger partial charge in [-0.3, -0.25) is 4.79 Å². The molecule has 0 bridgehead atoms. The van der Waals surface area contributed by atoms with Crippen LogP contribution >= 0.6 is 11.8 Å². The number of nitrogens with zero attached hydrogens (tertiary/aromatic N) is 2. The van der Waals surface area contributed by atoms with Gasteiger partial charge in [0, 0.05) is 18.4 Å². The number of aromatic nitrogens is 1. The molecule has 2 atom stereocenters. The van der Waals surface area contributed by atoms with Crippen LogP contribution in [0, 0.1) is 0 Å². The highest BCUT2D eigenvalue weighted by molar-refractivity contribution is 7.99. The molecule has 0 aliphatic carbocycles. The monoisotopic (exact) mass is 298 g/mol. The number of pyridine rings is 1. The van der Waals surface area contributed by atoms with Gasteiger partial charge in [0.2, 0.25) is 0 Å². The molecule has 1 saturated heterocycles. The molecule has 0 unspecified atom stereocenters. The summed E-state index contributed by atoms with van der Waals surface area (Å²) in [5, 5.41) is 8.68. The molecule has 2 aliphatic heterocycles. The number of aliphatic carboxylic acids is 1. The first-order valence-electron chi connectivity index (χ1n) is 6.52. The number of rotatable bonds is 4. The largest absolute Gasteiger partial charge is 0.486 e. The van der Waals surface area contributed by atoms with Gasteiger partial charge in [-0.1, -0.05) is 0 Å². The van der Waals surface area contributed by atoms with Crippen molar-refractivity contribution in [3.05, 3.63) is 12.3 Å². The van der Waals surface area contributed by atoms with E-state index in [1.165, 1.54) is 11.8 Å². The number of alkyl halides is 1. The highest BCUT2D eigenvalue weighted by Crippen LogP contribution is 2.42. The zero-order valence-electron chi connectivity index (χ0n) is 10.8. The van der Waals surface area contributed by atoms with Gasteiger partial charge in [0.1, 0.15) is 12.8 Å². The average molecular weight is 298 g/mol. The first-order chi connectivity index (χ1) is 9.65. The number of carbonyl (C=O) groups is 1. The van der Waals surface area contributed by atoms with Gasteiger partial charge in [-0.05, 0) is 6.07 Å². The van der Waals surface area contributed by atoms with Crippen LogP contribution in [0.25, 0.3) is 0 Å². The first kappa shape index (κ1) is 13.5. The summed E-state index contributed by atoms with van der Waals surface area (Å²) in [7, 11) is 0. The molecular formula is C13H15FN2O3S. The van der Waals surface area contributed by atoms with Crippen molar-refractivity contribution < 1.29 is 19.0 Å². The number of ether oxygens (including phenoxy) is 1. The van der Waals surface area contributed by atoms with Crippen LogP contribution in [0.3, 0.4) is 0 Å². The molecule has 0 aromatic carbocycles. The highest BCUT2D eigenvalue weighted by Gasteiger charge is 2.38. The highest BCUT2D eigenvalue weighted by atomic mass is 32.2. The molecule has 5 nitrogen and oxygen atoms in total. The van der Waals surface area contributed by atoms with E-state index in [0.29, 0.717) is 36.9 Å². The maximum absolute atomic E-state index is 13.5. The number of hydrogen-bond acceptors (Lipinski definition) is 5. The minimum Gasteiger partial charge on any atom is -0.486 e. The second-order valence-electron chi connectivity index (χ2n) is 4.90. The van der Waals surface area contributed by atoms with E-state index in [9.17, 15) is 9.18 Å². The van der Waals surface area contributed by atoms with Gasteiger partial charge in [0.15, 0.2) is 11.6 Å². The number of carboxylic acid groups (broad SMARTS) is 1. The Bertz CT molecular complexity index is 528. The fraction of sp³-hybridized carbons (Fsp3) is 0.538. The number of anilines is 1. The molecule has 1 fully saturated rings. The summed E-state index contributed by atoms with van der Waals surface area (Å²) in [6, 6.07) is 1.87. The fourth-order valence-electron chi connectivity index (χ4n) is 2.58. The number of halogens is 1. The van der Waals surface area contributed by atoms with Crippen LogP contribution in [0.2, 0.25) is 0 Å². The van der Waals surface area contributed by atoms with Crippen molar-refractivity contribution in [1.82, 2.24) is 4.98 Å². The lowest BCUT2D eigenvalue weighted by atomic mass is 10.2. The third kappa shape index (κ3) is 2.54. The molecular weight excluding hydrogens is 283 g/mol. The van der Waals surface area contributed by atoms with Gasteiger partial charge >= 0.3 is 5.97 Å². The molecule has 1 N–H and O–H groups in total. The summed E-state index contributed by atoms with van der Waals surface area (Å²) in [6.07, 6.45) is 1.41. The smallest absolute Gasteiger partial charge is 0.304 e. The lowest BCUT2D eigenvalue weighted by molar-refractivity contribution is -0.136. The summed E-state index contributed by atoms with van der Waals surface area (Å²) in [6.45, 7) is 0.822. The predicted molar refractivity (Wildman–Crippen MR) is 73.4 cm³/mol. The zero-order valence-corrected chi connectivity index (χ0v) is 11.6. The molecule has 2 aliphatic rings. The quantitative estimate of drug-likeness (QED) is 0.857. The molecule has 108 valence electrons. The van der Waals surface area contributed by atoms with Crippen LogP contribution in [0.15, 0.2) is 17.2 Å². The minimum atomic E-state index is -0.834. The van der Waals surface area contributed by atoms with Crippen LogP contribution in [-0.2, 0) is 4.79 Å². The van der Waals surface area contributed by atoms with Crippen molar-refractivity contribution in [2.45, 2.75) is 30.0 Å². The summed E-state index contributed by atoms with van der Waals surface area (Å²) < 4.78 is 19.3. The van der Waals surface area contributed by atoms with Gasteiger partial charge in [-0.15, -0.1) is 11.8 Å². The molecule has 20 heavy (non-hydrogen) atoms. The average Bonchev–Trinajstić information content (AvgIpc) is 2.79. The minimum absolute atomic E-state index is 0.0595. The standard InChI is InChI=1S/C13H15FN2O3S/c14-8-5-9-7-19-12-10(20-4-2-11(17)18)1-3-15-13(12)16(9)6-8/h1,3,8-9H,2,4-7H2,(H,17,18)/t8-,9+/m1/s1. The van der Waals surface area contributed by atoms with Crippen LogP contribution in [0.4, 0.5) is 10.2 Å². The molecule has 3 rings (SSSR count). The van der Waals surface area contributed by atoms with Crippen molar-refractivity contribution >= 4 is 23.5 Å². The van der Waals surface area contributed by atoms with E-state index in [-0.39, 0.29) is 12.5 Å². The van der Waals surface area contributed by atoms with E-state index in [0.717, 1.165) is 4.90 Å². The topological polar surface area (TPSA) is 62.7 Å². The van der Waals surface area contributed by atoms with Gasteiger partial charge in [0.05, 0.1) is 23.9 Å². The molecule has 0 saturated carbocycles. The van der Waals surface area contributed by atoms with E-state index in [1.807, 2.05) is 11.0 Å². The third-order valence-corrected chi connectivity index (χ3v) is 4.52. The van der Waals surface area contributed by atoms with Gasteiger partial charge < -0.3 is 14.7 Å². The van der Waals surface area contributed by atoms with Gasteiger partial charge in [-0.25, -0.2) is 9.37 Å². The second-order valence-corrected chi connectivity index (χ2v) is 6.04. The van der Waals surface area contributed by atoms with E-state index in [4.69, 9.17) is 9.84 Å². The molecule has 7 heteroatoms.